The van der Waals surface area contributed by atoms with Gasteiger partial charge in [0, 0.05) is 19.4 Å². The zero-order chi connectivity index (χ0) is 39.3. The molecule has 0 bridgehead atoms. The van der Waals surface area contributed by atoms with Crippen molar-refractivity contribution in [2.75, 3.05) is 19.8 Å². The third kappa shape index (κ3) is 41.8. The number of carbonyl (C=O) groups is 2. The van der Waals surface area contributed by atoms with E-state index in [1.807, 2.05) is 0 Å². The van der Waals surface area contributed by atoms with Crippen LogP contribution >= 0.6 is 0 Å². The van der Waals surface area contributed by atoms with Gasteiger partial charge in [-0.1, -0.05) is 170 Å². The van der Waals surface area contributed by atoms with Crippen LogP contribution in [0, 0.1) is 0 Å². The zero-order valence-corrected chi connectivity index (χ0v) is 35.2. The van der Waals surface area contributed by atoms with Gasteiger partial charge < -0.3 is 14.2 Å². The Bertz CT molecular complexity index is 1030. The van der Waals surface area contributed by atoms with Crippen LogP contribution in [0.25, 0.3) is 0 Å². The number of hydrogen-bond acceptors (Lipinski definition) is 5. The highest BCUT2D eigenvalue weighted by atomic mass is 16.6. The summed E-state index contributed by atoms with van der Waals surface area (Å²) in [6.07, 6.45) is 57.2. The summed E-state index contributed by atoms with van der Waals surface area (Å²) in [6.45, 7) is 7.51. The maximum Gasteiger partial charge on any atom is 0.306 e. The topological polar surface area (TPSA) is 61.8 Å². The van der Waals surface area contributed by atoms with E-state index in [0.29, 0.717) is 19.4 Å². The van der Waals surface area contributed by atoms with Gasteiger partial charge in [-0.15, -0.1) is 0 Å². The fraction of sp³-hybridized carbons (Fsp3) is 0.673. The number of ether oxygens (including phenoxy) is 3. The smallest absolute Gasteiger partial charge is 0.306 e. The third-order valence-electron chi connectivity index (χ3n) is 8.93. The van der Waals surface area contributed by atoms with Crippen LogP contribution in [0.1, 0.15) is 188 Å². The molecule has 1 unspecified atom stereocenters. The Morgan fingerprint density at radius 2 is 0.833 bits per heavy atom. The second-order valence-electron chi connectivity index (χ2n) is 14.2. The average Bonchev–Trinajstić information content (AvgIpc) is 3.17. The van der Waals surface area contributed by atoms with Crippen LogP contribution in [0.4, 0.5) is 0 Å². The molecule has 0 fully saturated rings. The molecule has 0 aliphatic carbocycles. The summed E-state index contributed by atoms with van der Waals surface area (Å²) in [6, 6.07) is 0. The SMILES string of the molecule is CC/C=C\C/C=C\C/C=C\C/C=C\CCCCCCC(=O)OCC(COCCCCCCCCCC)OC(=O)CCCCC/C=C\C/C=C\C/C=C\CC. The maximum absolute atomic E-state index is 12.7. The predicted octanol–water partition coefficient (Wildman–Crippen LogP) is 14.6. The largest absolute Gasteiger partial charge is 0.462 e. The van der Waals surface area contributed by atoms with E-state index in [1.54, 1.807) is 0 Å². The van der Waals surface area contributed by atoms with Crippen molar-refractivity contribution in [1.29, 1.82) is 0 Å². The molecule has 0 saturated heterocycles. The molecule has 308 valence electrons. The predicted molar refractivity (Wildman–Crippen MR) is 233 cm³/mol. The Hall–Kier alpha value is -2.92. The van der Waals surface area contributed by atoms with Crippen LogP contribution in [0.5, 0.6) is 0 Å². The Balaban J connectivity index is 4.30. The number of esters is 2. The molecule has 0 spiro atoms. The molecule has 54 heavy (non-hydrogen) atoms. The lowest BCUT2D eigenvalue weighted by atomic mass is 10.1. The van der Waals surface area contributed by atoms with Crippen LogP contribution in [-0.2, 0) is 23.8 Å². The lowest BCUT2D eigenvalue weighted by Gasteiger charge is -2.18. The molecule has 0 radical (unpaired) electrons. The van der Waals surface area contributed by atoms with Crippen molar-refractivity contribution in [2.24, 2.45) is 0 Å². The van der Waals surface area contributed by atoms with Crippen molar-refractivity contribution in [3.05, 3.63) is 85.1 Å². The lowest BCUT2D eigenvalue weighted by molar-refractivity contribution is -0.163. The molecule has 0 amide bonds. The van der Waals surface area contributed by atoms with Crippen LogP contribution in [0.15, 0.2) is 85.1 Å². The van der Waals surface area contributed by atoms with Crippen LogP contribution in [-0.4, -0.2) is 37.9 Å². The Kier molecular flexibility index (Phi) is 42.1. The fourth-order valence-corrected chi connectivity index (χ4v) is 5.69. The molecular weight excluding hydrogens is 669 g/mol. The van der Waals surface area contributed by atoms with Crippen molar-refractivity contribution in [1.82, 2.24) is 0 Å². The highest BCUT2D eigenvalue weighted by Gasteiger charge is 2.17. The summed E-state index contributed by atoms with van der Waals surface area (Å²) in [4.78, 5) is 25.2. The van der Waals surface area contributed by atoms with Crippen LogP contribution in [0.3, 0.4) is 0 Å². The minimum Gasteiger partial charge on any atom is -0.462 e. The number of rotatable bonds is 39. The van der Waals surface area contributed by atoms with E-state index in [4.69, 9.17) is 14.2 Å². The van der Waals surface area contributed by atoms with E-state index in [2.05, 4.69) is 106 Å². The van der Waals surface area contributed by atoms with E-state index in [1.165, 1.54) is 38.5 Å². The first-order valence-electron chi connectivity index (χ1n) is 22.1. The van der Waals surface area contributed by atoms with Crippen molar-refractivity contribution < 1.29 is 23.8 Å². The van der Waals surface area contributed by atoms with Gasteiger partial charge in [0.05, 0.1) is 6.61 Å². The van der Waals surface area contributed by atoms with Crippen molar-refractivity contribution in [2.45, 2.75) is 194 Å². The minimum atomic E-state index is -0.560. The highest BCUT2D eigenvalue weighted by Crippen LogP contribution is 2.11. The zero-order valence-electron chi connectivity index (χ0n) is 35.2. The lowest BCUT2D eigenvalue weighted by Crippen LogP contribution is -2.30. The van der Waals surface area contributed by atoms with E-state index < -0.39 is 6.10 Å². The first-order valence-corrected chi connectivity index (χ1v) is 22.1. The summed E-state index contributed by atoms with van der Waals surface area (Å²) >= 11 is 0. The molecular formula is C49H82O5. The summed E-state index contributed by atoms with van der Waals surface area (Å²) in [5.74, 6) is -0.465. The van der Waals surface area contributed by atoms with Crippen molar-refractivity contribution >= 4 is 11.9 Å². The molecule has 0 aliphatic heterocycles. The van der Waals surface area contributed by atoms with Gasteiger partial charge >= 0.3 is 11.9 Å². The summed E-state index contributed by atoms with van der Waals surface area (Å²) < 4.78 is 17.2. The standard InChI is InChI=1S/C49H82O5/c1-4-7-10-13-16-19-21-23-24-25-26-28-29-31-33-36-39-42-48(50)53-46-47(45-52-44-41-38-35-18-15-12-9-6-3)54-49(51)43-40-37-34-32-30-27-22-20-17-14-11-8-5-2/h7-8,10-11,16-17,19-20,23-24,26-28,30,47H,4-6,9,12-15,18,21-22,25,29,31-46H2,1-3H3/b10-7-,11-8-,19-16-,20-17-,24-23-,28-26-,30-27-. The molecule has 5 nitrogen and oxygen atoms in total. The molecule has 0 aromatic rings. The Labute approximate surface area is 333 Å². The number of unbranched alkanes of at least 4 members (excludes halogenated alkanes) is 14. The Morgan fingerprint density at radius 1 is 0.426 bits per heavy atom. The number of allylic oxidation sites excluding steroid dienone is 14. The van der Waals surface area contributed by atoms with Crippen molar-refractivity contribution in [3.8, 4) is 0 Å². The molecule has 1 atom stereocenters. The molecule has 0 N–H and O–H groups in total. The van der Waals surface area contributed by atoms with Gasteiger partial charge in [-0.05, 0) is 89.9 Å². The minimum absolute atomic E-state index is 0.0575. The molecule has 0 aliphatic rings. The number of hydrogen-bond donors (Lipinski definition) is 0. The van der Waals surface area contributed by atoms with Crippen LogP contribution < -0.4 is 0 Å². The van der Waals surface area contributed by atoms with E-state index in [-0.39, 0.29) is 25.2 Å². The summed E-state index contributed by atoms with van der Waals surface area (Å²) in [7, 11) is 0. The second kappa shape index (κ2) is 44.5. The Morgan fingerprint density at radius 3 is 1.35 bits per heavy atom. The first-order chi connectivity index (χ1) is 26.6. The average molecular weight is 751 g/mol. The summed E-state index contributed by atoms with van der Waals surface area (Å²) in [5, 5.41) is 0. The maximum atomic E-state index is 12.7. The van der Waals surface area contributed by atoms with Gasteiger partial charge in [0.15, 0.2) is 6.10 Å². The van der Waals surface area contributed by atoms with E-state index in [9.17, 15) is 9.59 Å². The van der Waals surface area contributed by atoms with Crippen LogP contribution in [0.2, 0.25) is 0 Å². The molecule has 0 aromatic carbocycles. The van der Waals surface area contributed by atoms with Gasteiger partial charge in [0.1, 0.15) is 6.61 Å². The molecule has 0 aromatic heterocycles. The molecule has 0 saturated carbocycles. The molecule has 0 rings (SSSR count). The summed E-state index contributed by atoms with van der Waals surface area (Å²) in [5.41, 5.74) is 0. The number of carbonyl (C=O) groups excluding carboxylic acids is 2. The first kappa shape index (κ1) is 51.1. The van der Waals surface area contributed by atoms with Gasteiger partial charge in [-0.25, -0.2) is 0 Å². The van der Waals surface area contributed by atoms with Gasteiger partial charge in [-0.2, -0.15) is 0 Å². The quantitative estimate of drug-likeness (QED) is 0.0356. The van der Waals surface area contributed by atoms with Gasteiger partial charge in [-0.3, -0.25) is 9.59 Å². The van der Waals surface area contributed by atoms with Gasteiger partial charge in [0.2, 0.25) is 0 Å². The third-order valence-corrected chi connectivity index (χ3v) is 8.93. The van der Waals surface area contributed by atoms with Crippen molar-refractivity contribution in [3.63, 3.8) is 0 Å². The second-order valence-corrected chi connectivity index (χ2v) is 14.2. The van der Waals surface area contributed by atoms with E-state index in [0.717, 1.165) is 116 Å². The monoisotopic (exact) mass is 751 g/mol. The fourth-order valence-electron chi connectivity index (χ4n) is 5.69. The van der Waals surface area contributed by atoms with E-state index >= 15 is 0 Å². The van der Waals surface area contributed by atoms with Gasteiger partial charge in [0.25, 0.3) is 0 Å². The normalized spacial score (nSPS) is 13.0. The highest BCUT2D eigenvalue weighted by molar-refractivity contribution is 5.70. The molecule has 5 heteroatoms. The molecule has 0 heterocycles.